The number of morpholine rings is 1. The maximum absolute atomic E-state index is 12.8. The first-order chi connectivity index (χ1) is 14.1. The van der Waals surface area contributed by atoms with Crippen LogP contribution in [0.25, 0.3) is 0 Å². The Bertz CT molecular complexity index is 845. The van der Waals surface area contributed by atoms with Crippen molar-refractivity contribution in [3.05, 3.63) is 51.5 Å². The van der Waals surface area contributed by atoms with E-state index in [9.17, 15) is 4.79 Å². The third-order valence-electron chi connectivity index (χ3n) is 5.94. The highest BCUT2D eigenvalue weighted by Crippen LogP contribution is 2.31. The molecule has 1 aromatic heterocycles. The van der Waals surface area contributed by atoms with Crippen LogP contribution < -0.4 is 0 Å². The number of piperidine rings is 1. The van der Waals surface area contributed by atoms with Gasteiger partial charge in [-0.1, -0.05) is 24.3 Å². The number of hydrogen-bond donors (Lipinski definition) is 1. The Hall–Kier alpha value is -1.80. The summed E-state index contributed by atoms with van der Waals surface area (Å²) in [5.74, 6) is 0.0279. The molecule has 0 aliphatic carbocycles. The zero-order valence-corrected chi connectivity index (χ0v) is 17.8. The van der Waals surface area contributed by atoms with Gasteiger partial charge in [0.2, 0.25) is 0 Å². The molecule has 3 heterocycles. The van der Waals surface area contributed by atoms with Gasteiger partial charge in [-0.25, -0.2) is 4.98 Å². The monoisotopic (exact) mass is 415 g/mol. The van der Waals surface area contributed by atoms with Crippen LogP contribution in [0.2, 0.25) is 0 Å². The molecule has 2 saturated heterocycles. The van der Waals surface area contributed by atoms with Crippen LogP contribution in [0, 0.1) is 6.92 Å². The molecule has 1 amide bonds. The largest absolute Gasteiger partial charge is 0.396 e. The minimum Gasteiger partial charge on any atom is -0.396 e. The molecular formula is C22H29N3O3S. The van der Waals surface area contributed by atoms with Gasteiger partial charge in [0.25, 0.3) is 5.91 Å². The molecule has 2 aromatic rings. The number of carbonyl (C=O) groups excluding carboxylic acids is 1. The number of likely N-dealkylation sites (tertiary alicyclic amines) is 1. The molecule has 29 heavy (non-hydrogen) atoms. The molecule has 0 atom stereocenters. The molecule has 2 fully saturated rings. The van der Waals surface area contributed by atoms with E-state index in [1.54, 1.807) is 0 Å². The second-order valence-corrected chi connectivity index (χ2v) is 9.14. The maximum atomic E-state index is 12.8. The molecule has 0 bridgehead atoms. The first-order valence-electron chi connectivity index (χ1n) is 10.3. The number of aliphatic hydroxyl groups excluding tert-OH is 1. The molecule has 1 spiro atoms. The molecule has 1 aromatic carbocycles. The van der Waals surface area contributed by atoms with Crippen LogP contribution in [0.4, 0.5) is 0 Å². The number of aliphatic hydroxyl groups is 1. The number of benzene rings is 1. The number of amides is 1. The van der Waals surface area contributed by atoms with Crippen molar-refractivity contribution in [1.82, 2.24) is 14.8 Å². The molecule has 1 N–H and O–H groups in total. The van der Waals surface area contributed by atoms with Crippen LogP contribution >= 0.6 is 11.3 Å². The van der Waals surface area contributed by atoms with Crippen molar-refractivity contribution in [2.75, 3.05) is 39.4 Å². The molecule has 7 heteroatoms. The van der Waals surface area contributed by atoms with Crippen LogP contribution in [0.15, 0.2) is 29.6 Å². The van der Waals surface area contributed by atoms with E-state index in [-0.39, 0.29) is 18.1 Å². The lowest BCUT2D eigenvalue weighted by molar-refractivity contribution is -0.128. The molecule has 2 aliphatic heterocycles. The van der Waals surface area contributed by atoms with Gasteiger partial charge in [-0.15, -0.1) is 11.3 Å². The number of aryl methyl sites for hydroxylation is 1. The lowest BCUT2D eigenvalue weighted by Crippen LogP contribution is -2.58. The zero-order chi connectivity index (χ0) is 20.3. The van der Waals surface area contributed by atoms with Gasteiger partial charge in [0, 0.05) is 38.2 Å². The minimum atomic E-state index is -0.228. The van der Waals surface area contributed by atoms with E-state index in [1.807, 2.05) is 17.2 Å². The summed E-state index contributed by atoms with van der Waals surface area (Å²) in [5.41, 5.74) is 2.80. The number of carbonyl (C=O) groups is 1. The standard InChI is InChI=1S/C22H29N3O3S/c1-17-23-20(15-29-17)21(27)25-10-12-28-22(16-25)6-8-24(9-7-22)14-19-4-2-3-18(13-19)5-11-26/h2-4,13,15,26H,5-12,14,16H2,1H3. The summed E-state index contributed by atoms with van der Waals surface area (Å²) >= 11 is 1.52. The molecule has 2 aliphatic rings. The fraction of sp³-hybridized carbons (Fsp3) is 0.545. The SMILES string of the molecule is Cc1nc(C(=O)N2CCOC3(CCN(Cc4cccc(CCO)c4)CC3)C2)cs1. The summed E-state index contributed by atoms with van der Waals surface area (Å²) in [7, 11) is 0. The zero-order valence-electron chi connectivity index (χ0n) is 17.0. The lowest BCUT2D eigenvalue weighted by atomic mass is 9.89. The van der Waals surface area contributed by atoms with Crippen LogP contribution in [-0.2, 0) is 17.7 Å². The van der Waals surface area contributed by atoms with Gasteiger partial charge in [-0.2, -0.15) is 0 Å². The smallest absolute Gasteiger partial charge is 0.273 e. The Balaban J connectivity index is 1.34. The molecule has 0 saturated carbocycles. The van der Waals surface area contributed by atoms with E-state index in [1.165, 1.54) is 22.5 Å². The number of rotatable bonds is 5. The number of thiazole rings is 1. The predicted molar refractivity (Wildman–Crippen MR) is 113 cm³/mol. The van der Waals surface area contributed by atoms with Crippen molar-refractivity contribution in [3.8, 4) is 0 Å². The van der Waals surface area contributed by atoms with Crippen LogP contribution in [0.5, 0.6) is 0 Å². The summed E-state index contributed by atoms with van der Waals surface area (Å²) in [6.45, 7) is 6.83. The first kappa shape index (κ1) is 20.5. The topological polar surface area (TPSA) is 65.9 Å². The highest BCUT2D eigenvalue weighted by atomic mass is 32.1. The molecule has 0 unspecified atom stereocenters. The molecular weight excluding hydrogens is 386 g/mol. The normalized spacial score (nSPS) is 19.6. The van der Waals surface area contributed by atoms with Gasteiger partial charge in [0.15, 0.2) is 0 Å². The second-order valence-electron chi connectivity index (χ2n) is 8.08. The average Bonchev–Trinajstić information content (AvgIpc) is 3.16. The van der Waals surface area contributed by atoms with Gasteiger partial charge < -0.3 is 14.7 Å². The van der Waals surface area contributed by atoms with Gasteiger partial charge in [-0.3, -0.25) is 9.69 Å². The van der Waals surface area contributed by atoms with Crippen LogP contribution in [0.3, 0.4) is 0 Å². The number of hydrogen-bond acceptors (Lipinski definition) is 6. The van der Waals surface area contributed by atoms with Crippen molar-refractivity contribution in [2.45, 2.75) is 38.3 Å². The summed E-state index contributed by atoms with van der Waals surface area (Å²) in [5, 5.41) is 11.9. The number of nitrogens with zero attached hydrogens (tertiary/aromatic N) is 3. The Morgan fingerprint density at radius 1 is 1.28 bits per heavy atom. The summed E-state index contributed by atoms with van der Waals surface area (Å²) < 4.78 is 6.21. The van der Waals surface area contributed by atoms with E-state index in [4.69, 9.17) is 9.84 Å². The lowest BCUT2D eigenvalue weighted by Gasteiger charge is -2.47. The Labute approximate surface area is 176 Å². The molecule has 6 nitrogen and oxygen atoms in total. The average molecular weight is 416 g/mol. The van der Waals surface area contributed by atoms with Crippen molar-refractivity contribution in [3.63, 3.8) is 0 Å². The fourth-order valence-corrected chi connectivity index (χ4v) is 4.92. The maximum Gasteiger partial charge on any atom is 0.273 e. The second kappa shape index (κ2) is 8.92. The van der Waals surface area contributed by atoms with E-state index < -0.39 is 0 Å². The van der Waals surface area contributed by atoms with Crippen LogP contribution in [-0.4, -0.2) is 70.8 Å². The molecule has 0 radical (unpaired) electrons. The Kier molecular flexibility index (Phi) is 6.29. The van der Waals surface area contributed by atoms with Crippen molar-refractivity contribution < 1.29 is 14.6 Å². The quantitative estimate of drug-likeness (QED) is 0.813. The third kappa shape index (κ3) is 4.86. The van der Waals surface area contributed by atoms with E-state index in [0.717, 1.165) is 37.5 Å². The highest BCUT2D eigenvalue weighted by Gasteiger charge is 2.41. The summed E-state index contributed by atoms with van der Waals surface area (Å²) in [6, 6.07) is 8.47. The minimum absolute atomic E-state index is 0.0279. The highest BCUT2D eigenvalue weighted by molar-refractivity contribution is 7.09. The van der Waals surface area contributed by atoms with Gasteiger partial charge >= 0.3 is 0 Å². The number of ether oxygens (including phenoxy) is 1. The molecule has 156 valence electrons. The molecule has 4 rings (SSSR count). The fourth-order valence-electron chi connectivity index (χ4n) is 4.33. The first-order valence-corrected chi connectivity index (χ1v) is 11.2. The van der Waals surface area contributed by atoms with Crippen LogP contribution in [0.1, 0.15) is 39.5 Å². The number of aromatic nitrogens is 1. The summed E-state index contributed by atoms with van der Waals surface area (Å²) in [6.07, 6.45) is 2.57. The van der Waals surface area contributed by atoms with Gasteiger partial charge in [0.05, 0.1) is 23.8 Å². The van der Waals surface area contributed by atoms with Gasteiger partial charge in [0.1, 0.15) is 5.69 Å². The predicted octanol–water partition coefficient (Wildman–Crippen LogP) is 2.49. The van der Waals surface area contributed by atoms with E-state index in [0.29, 0.717) is 31.8 Å². The van der Waals surface area contributed by atoms with E-state index >= 15 is 0 Å². The Morgan fingerprint density at radius 3 is 2.79 bits per heavy atom. The van der Waals surface area contributed by atoms with Crippen molar-refractivity contribution in [1.29, 1.82) is 0 Å². The van der Waals surface area contributed by atoms with E-state index in [2.05, 4.69) is 34.1 Å². The van der Waals surface area contributed by atoms with Crippen molar-refractivity contribution >= 4 is 17.2 Å². The van der Waals surface area contributed by atoms with Crippen molar-refractivity contribution in [2.24, 2.45) is 0 Å². The Morgan fingerprint density at radius 2 is 2.07 bits per heavy atom. The third-order valence-corrected chi connectivity index (χ3v) is 6.71. The summed E-state index contributed by atoms with van der Waals surface area (Å²) in [4.78, 5) is 21.6. The van der Waals surface area contributed by atoms with Gasteiger partial charge in [-0.05, 0) is 37.3 Å².